The third kappa shape index (κ3) is 4.16. The molecule has 98 valence electrons. The normalized spacial score (nSPS) is 10.0. The summed E-state index contributed by atoms with van der Waals surface area (Å²) in [5.74, 6) is 0. The van der Waals surface area contributed by atoms with Gasteiger partial charge < -0.3 is 10.6 Å². The van der Waals surface area contributed by atoms with Crippen LogP contribution in [0.25, 0.3) is 0 Å². The maximum absolute atomic E-state index is 11.7. The lowest BCUT2D eigenvalue weighted by molar-refractivity contribution is 0.251. The number of amides is 2. The van der Waals surface area contributed by atoms with Gasteiger partial charge in [-0.15, -0.1) is 0 Å². The van der Waals surface area contributed by atoms with E-state index >= 15 is 0 Å². The summed E-state index contributed by atoms with van der Waals surface area (Å²) >= 11 is 11.8. The van der Waals surface area contributed by atoms with E-state index in [1.165, 1.54) is 0 Å². The van der Waals surface area contributed by atoms with E-state index in [9.17, 15) is 4.79 Å². The van der Waals surface area contributed by atoms with Gasteiger partial charge in [-0.1, -0.05) is 47.5 Å². The van der Waals surface area contributed by atoms with Crippen LogP contribution in [0.5, 0.6) is 0 Å². The van der Waals surface area contributed by atoms with Crippen molar-refractivity contribution in [3.63, 3.8) is 0 Å². The summed E-state index contributed by atoms with van der Waals surface area (Å²) < 4.78 is 0. The Labute approximate surface area is 121 Å². The molecule has 0 aliphatic carbocycles. The second kappa shape index (κ2) is 6.45. The van der Waals surface area contributed by atoms with E-state index in [1.807, 2.05) is 12.1 Å². The first kappa shape index (κ1) is 13.7. The molecule has 0 radical (unpaired) electrons. The molecule has 0 aliphatic heterocycles. The van der Waals surface area contributed by atoms with Crippen LogP contribution in [0.2, 0.25) is 10.0 Å². The lowest BCUT2D eigenvalue weighted by atomic mass is 10.2. The van der Waals surface area contributed by atoms with Crippen molar-refractivity contribution in [2.24, 2.45) is 0 Å². The maximum Gasteiger partial charge on any atom is 0.319 e. The smallest absolute Gasteiger partial charge is 0.319 e. The van der Waals surface area contributed by atoms with Gasteiger partial charge in [0.2, 0.25) is 0 Å². The Hall–Kier alpha value is -1.71. The number of halogens is 2. The van der Waals surface area contributed by atoms with Crippen LogP contribution in [0.15, 0.2) is 48.5 Å². The van der Waals surface area contributed by atoms with Crippen LogP contribution < -0.4 is 10.6 Å². The maximum atomic E-state index is 11.7. The van der Waals surface area contributed by atoms with Gasteiger partial charge >= 0.3 is 6.03 Å². The molecule has 2 N–H and O–H groups in total. The van der Waals surface area contributed by atoms with E-state index in [4.69, 9.17) is 23.2 Å². The molecule has 2 aromatic rings. The van der Waals surface area contributed by atoms with Crippen LogP contribution >= 0.6 is 23.2 Å². The molecular weight excluding hydrogens is 283 g/mol. The lowest BCUT2D eigenvalue weighted by Gasteiger charge is -2.09. The van der Waals surface area contributed by atoms with E-state index < -0.39 is 0 Å². The van der Waals surface area contributed by atoms with E-state index in [-0.39, 0.29) is 6.03 Å². The summed E-state index contributed by atoms with van der Waals surface area (Å²) in [7, 11) is 0. The molecule has 0 aromatic heterocycles. The minimum Gasteiger partial charge on any atom is -0.334 e. The van der Waals surface area contributed by atoms with Gasteiger partial charge in [0.1, 0.15) is 0 Å². The molecule has 0 heterocycles. The minimum absolute atomic E-state index is 0.312. The van der Waals surface area contributed by atoms with Gasteiger partial charge in [0, 0.05) is 11.6 Å². The second-order valence-electron chi connectivity index (χ2n) is 3.92. The predicted octanol–water partition coefficient (Wildman–Crippen LogP) is 4.32. The summed E-state index contributed by atoms with van der Waals surface area (Å²) in [6.07, 6.45) is 0. The summed E-state index contributed by atoms with van der Waals surface area (Å²) in [5.41, 5.74) is 1.51. The van der Waals surface area contributed by atoms with Crippen molar-refractivity contribution in [3.05, 3.63) is 64.1 Å². The topological polar surface area (TPSA) is 41.1 Å². The van der Waals surface area contributed by atoms with Gasteiger partial charge in [0.05, 0.1) is 10.7 Å². The quantitative estimate of drug-likeness (QED) is 0.870. The molecule has 2 rings (SSSR count). The standard InChI is InChI=1S/C14H12Cl2N2O/c15-11-5-3-4-10(8-11)9-17-14(19)18-13-7-2-1-6-12(13)16/h1-8H,9H2,(H2,17,18,19). The highest BCUT2D eigenvalue weighted by Gasteiger charge is 2.04. The molecule has 5 heteroatoms. The Bertz CT molecular complexity index is 587. The largest absolute Gasteiger partial charge is 0.334 e. The van der Waals surface area contributed by atoms with Crippen LogP contribution in [0.3, 0.4) is 0 Å². The molecule has 0 aliphatic rings. The van der Waals surface area contributed by atoms with Crippen LogP contribution in [-0.2, 0) is 6.54 Å². The molecule has 0 bridgehead atoms. The van der Waals surface area contributed by atoms with Gasteiger partial charge in [-0.2, -0.15) is 0 Å². The number of hydrogen-bond donors (Lipinski definition) is 2. The Morgan fingerprint density at radius 1 is 1.05 bits per heavy atom. The van der Waals surface area contributed by atoms with Gasteiger partial charge in [-0.25, -0.2) is 4.79 Å². The van der Waals surface area contributed by atoms with Crippen molar-refractivity contribution in [2.45, 2.75) is 6.54 Å². The van der Waals surface area contributed by atoms with E-state index in [0.29, 0.717) is 22.3 Å². The van der Waals surface area contributed by atoms with Crippen LogP contribution in [0, 0.1) is 0 Å². The third-order valence-electron chi connectivity index (χ3n) is 2.46. The number of hydrogen-bond acceptors (Lipinski definition) is 1. The van der Waals surface area contributed by atoms with E-state index in [1.54, 1.807) is 36.4 Å². The Morgan fingerprint density at radius 2 is 1.84 bits per heavy atom. The molecule has 2 amide bonds. The Morgan fingerprint density at radius 3 is 2.58 bits per heavy atom. The van der Waals surface area contributed by atoms with Gasteiger partial charge in [-0.3, -0.25) is 0 Å². The molecule has 0 atom stereocenters. The van der Waals surface area contributed by atoms with Crippen molar-refractivity contribution in [1.29, 1.82) is 0 Å². The SMILES string of the molecule is O=C(NCc1cccc(Cl)c1)Nc1ccccc1Cl. The van der Waals surface area contributed by atoms with Crippen molar-refractivity contribution in [2.75, 3.05) is 5.32 Å². The first-order chi connectivity index (χ1) is 9.15. The van der Waals surface area contributed by atoms with Crippen molar-refractivity contribution < 1.29 is 4.79 Å². The first-order valence-corrected chi connectivity index (χ1v) is 6.44. The fourth-order valence-electron chi connectivity index (χ4n) is 1.56. The number of urea groups is 1. The molecule has 0 saturated carbocycles. The average molecular weight is 295 g/mol. The molecule has 0 spiro atoms. The number of nitrogens with one attached hydrogen (secondary N) is 2. The Kier molecular flexibility index (Phi) is 4.66. The van der Waals surface area contributed by atoms with Gasteiger partial charge in [0.25, 0.3) is 0 Å². The monoisotopic (exact) mass is 294 g/mol. The summed E-state index contributed by atoms with van der Waals surface area (Å²) in [6.45, 7) is 0.400. The van der Waals surface area contributed by atoms with Crippen LogP contribution in [0.4, 0.5) is 10.5 Å². The minimum atomic E-state index is -0.312. The highest BCUT2D eigenvalue weighted by atomic mass is 35.5. The number of carbonyl (C=O) groups excluding carboxylic acids is 1. The molecule has 0 fully saturated rings. The first-order valence-electron chi connectivity index (χ1n) is 5.69. The van der Waals surface area contributed by atoms with Gasteiger partial charge in [0.15, 0.2) is 0 Å². The zero-order valence-electron chi connectivity index (χ0n) is 9.99. The Balaban J connectivity index is 1.90. The number of anilines is 1. The summed E-state index contributed by atoms with van der Waals surface area (Å²) in [5, 5.41) is 6.56. The van der Waals surface area contributed by atoms with Crippen molar-refractivity contribution in [1.82, 2.24) is 5.32 Å². The summed E-state index contributed by atoms with van der Waals surface area (Å²) in [4.78, 5) is 11.7. The molecule has 0 unspecified atom stereocenters. The van der Waals surface area contributed by atoms with Crippen molar-refractivity contribution in [3.8, 4) is 0 Å². The fraction of sp³-hybridized carbons (Fsp3) is 0.0714. The molecule has 2 aromatic carbocycles. The number of benzene rings is 2. The highest BCUT2D eigenvalue weighted by molar-refractivity contribution is 6.33. The molecular formula is C14H12Cl2N2O. The molecule has 0 saturated heterocycles. The van der Waals surface area contributed by atoms with Gasteiger partial charge in [-0.05, 0) is 29.8 Å². The number of carbonyl (C=O) groups is 1. The zero-order chi connectivity index (χ0) is 13.7. The van der Waals surface area contributed by atoms with E-state index in [0.717, 1.165) is 5.56 Å². The molecule has 19 heavy (non-hydrogen) atoms. The molecule has 3 nitrogen and oxygen atoms in total. The zero-order valence-corrected chi connectivity index (χ0v) is 11.5. The number of para-hydroxylation sites is 1. The summed E-state index contributed by atoms with van der Waals surface area (Å²) in [6, 6.07) is 14.1. The lowest BCUT2D eigenvalue weighted by Crippen LogP contribution is -2.28. The van der Waals surface area contributed by atoms with Crippen molar-refractivity contribution >= 4 is 34.9 Å². The van der Waals surface area contributed by atoms with E-state index in [2.05, 4.69) is 10.6 Å². The number of rotatable bonds is 3. The fourth-order valence-corrected chi connectivity index (χ4v) is 1.95. The average Bonchev–Trinajstić information content (AvgIpc) is 2.39. The van der Waals surface area contributed by atoms with Crippen LogP contribution in [0.1, 0.15) is 5.56 Å². The second-order valence-corrected chi connectivity index (χ2v) is 4.76. The van der Waals surface area contributed by atoms with Crippen LogP contribution in [-0.4, -0.2) is 6.03 Å². The highest BCUT2D eigenvalue weighted by Crippen LogP contribution is 2.20. The third-order valence-corrected chi connectivity index (χ3v) is 3.03. The predicted molar refractivity (Wildman–Crippen MR) is 78.8 cm³/mol.